The predicted molar refractivity (Wildman–Crippen MR) is 123 cm³/mol. The molecule has 0 heterocycles. The van der Waals surface area contributed by atoms with E-state index in [1.807, 2.05) is 65.6 Å². The van der Waals surface area contributed by atoms with Crippen LogP contribution in [0.1, 0.15) is 24.0 Å². The summed E-state index contributed by atoms with van der Waals surface area (Å²) in [7, 11) is -1.99. The maximum atomic E-state index is 13.0. The normalized spacial score (nSPS) is 11.4. The minimum Gasteiger partial charge on any atom is -0.334 e. The van der Waals surface area contributed by atoms with Gasteiger partial charge in [-0.05, 0) is 29.7 Å². The Bertz CT molecular complexity index is 1010. The zero-order valence-corrected chi connectivity index (χ0v) is 18.5. The number of hydrogen-bond acceptors (Lipinski definition) is 3. The first-order valence-electron chi connectivity index (χ1n) is 10.3. The molecule has 0 atom stereocenters. The van der Waals surface area contributed by atoms with E-state index in [-0.39, 0.29) is 23.8 Å². The van der Waals surface area contributed by atoms with Gasteiger partial charge in [-0.15, -0.1) is 0 Å². The van der Waals surface area contributed by atoms with E-state index >= 15 is 0 Å². The third-order valence-corrected chi connectivity index (χ3v) is 6.97. The fraction of sp³-hybridized carbons (Fsp3) is 0.240. The van der Waals surface area contributed by atoms with Crippen LogP contribution in [0, 0.1) is 0 Å². The van der Waals surface area contributed by atoms with Crippen LogP contribution in [0.3, 0.4) is 0 Å². The van der Waals surface area contributed by atoms with Gasteiger partial charge in [-0.25, -0.2) is 12.7 Å². The van der Waals surface area contributed by atoms with Gasteiger partial charge < -0.3 is 4.90 Å². The molecule has 0 bridgehead atoms. The summed E-state index contributed by atoms with van der Waals surface area (Å²) in [5.74, 6) is 0.0122. The largest absolute Gasteiger partial charge is 0.334 e. The molecule has 3 aromatic rings. The first-order valence-corrected chi connectivity index (χ1v) is 11.8. The van der Waals surface area contributed by atoms with Crippen LogP contribution in [0.2, 0.25) is 0 Å². The fourth-order valence-corrected chi connectivity index (χ4v) is 4.57. The summed E-state index contributed by atoms with van der Waals surface area (Å²) in [5.41, 5.74) is 2.13. The second-order valence-corrected chi connectivity index (χ2v) is 9.51. The van der Waals surface area contributed by atoms with Gasteiger partial charge in [0.2, 0.25) is 15.9 Å². The number of hydrogen-bond donors (Lipinski definition) is 0. The van der Waals surface area contributed by atoms with Crippen LogP contribution < -0.4 is 0 Å². The van der Waals surface area contributed by atoms with Crippen LogP contribution in [0.5, 0.6) is 0 Å². The minimum atomic E-state index is -3.55. The highest BCUT2D eigenvalue weighted by molar-refractivity contribution is 7.89. The van der Waals surface area contributed by atoms with Gasteiger partial charge in [0, 0.05) is 33.1 Å². The van der Waals surface area contributed by atoms with E-state index in [0.717, 1.165) is 11.1 Å². The Morgan fingerprint density at radius 3 is 1.68 bits per heavy atom. The number of carbonyl (C=O) groups excluding carboxylic acids is 1. The highest BCUT2D eigenvalue weighted by Gasteiger charge is 2.21. The van der Waals surface area contributed by atoms with Crippen molar-refractivity contribution in [3.05, 3.63) is 102 Å². The summed E-state index contributed by atoms with van der Waals surface area (Å²) in [4.78, 5) is 15.1. The van der Waals surface area contributed by atoms with Crippen LogP contribution >= 0.6 is 0 Å². The third-order valence-electron chi connectivity index (χ3n) is 5.10. The van der Waals surface area contributed by atoms with Gasteiger partial charge in [0.1, 0.15) is 0 Å². The Morgan fingerprint density at radius 2 is 1.19 bits per heavy atom. The van der Waals surface area contributed by atoms with E-state index < -0.39 is 10.0 Å². The molecule has 6 heteroatoms. The Balaban J connectivity index is 1.61. The second kappa shape index (κ2) is 10.9. The maximum Gasteiger partial charge on any atom is 0.242 e. The fourth-order valence-electron chi connectivity index (χ4n) is 3.34. The third kappa shape index (κ3) is 6.51. The molecule has 5 nitrogen and oxygen atoms in total. The van der Waals surface area contributed by atoms with Crippen molar-refractivity contribution in [1.29, 1.82) is 0 Å². The van der Waals surface area contributed by atoms with Crippen molar-refractivity contribution in [2.45, 2.75) is 30.8 Å². The molecule has 0 unspecified atom stereocenters. The maximum absolute atomic E-state index is 13.0. The number of amides is 1. The molecule has 162 valence electrons. The van der Waals surface area contributed by atoms with Crippen molar-refractivity contribution in [3.8, 4) is 0 Å². The van der Waals surface area contributed by atoms with Crippen molar-refractivity contribution in [1.82, 2.24) is 9.21 Å². The van der Waals surface area contributed by atoms with Crippen molar-refractivity contribution >= 4 is 15.9 Å². The lowest BCUT2D eigenvalue weighted by molar-refractivity contribution is -0.132. The van der Waals surface area contributed by atoms with E-state index in [1.54, 1.807) is 37.4 Å². The van der Waals surface area contributed by atoms with Crippen LogP contribution in [0.15, 0.2) is 95.9 Å². The number of nitrogens with zero attached hydrogens (tertiary/aromatic N) is 2. The number of benzene rings is 3. The Hall–Kier alpha value is -2.96. The average Bonchev–Trinajstić information content (AvgIpc) is 2.80. The quantitative estimate of drug-likeness (QED) is 0.476. The standard InChI is InChI=1S/C25H28N2O3S/c1-26(31(29,30)24-16-9-4-10-17-24)19-11-18-25(28)27(20-22-12-5-2-6-13-22)21-23-14-7-3-8-15-23/h2-10,12-17H,11,18-21H2,1H3. The molecule has 0 saturated heterocycles. The van der Waals surface area contributed by atoms with E-state index in [0.29, 0.717) is 19.5 Å². The van der Waals surface area contributed by atoms with Crippen LogP contribution in [0.25, 0.3) is 0 Å². The molecule has 0 aromatic heterocycles. The topological polar surface area (TPSA) is 57.7 Å². The molecule has 0 fully saturated rings. The molecular weight excluding hydrogens is 408 g/mol. The summed E-state index contributed by atoms with van der Waals surface area (Å²) in [6.45, 7) is 1.33. The Labute approximate surface area is 185 Å². The summed E-state index contributed by atoms with van der Waals surface area (Å²) in [5, 5.41) is 0. The highest BCUT2D eigenvalue weighted by Crippen LogP contribution is 2.16. The van der Waals surface area contributed by atoms with Gasteiger partial charge in [0.05, 0.1) is 4.90 Å². The molecule has 0 aliphatic rings. The SMILES string of the molecule is CN(CCCC(=O)N(Cc1ccccc1)Cc1ccccc1)S(=O)(=O)c1ccccc1. The predicted octanol–water partition coefficient (Wildman–Crippen LogP) is 4.32. The Morgan fingerprint density at radius 1 is 0.742 bits per heavy atom. The van der Waals surface area contributed by atoms with Gasteiger partial charge >= 0.3 is 0 Å². The molecule has 31 heavy (non-hydrogen) atoms. The number of sulfonamides is 1. The summed E-state index contributed by atoms with van der Waals surface area (Å²) >= 11 is 0. The molecule has 3 aromatic carbocycles. The lowest BCUT2D eigenvalue weighted by Gasteiger charge is -2.24. The Kier molecular flexibility index (Phi) is 7.98. The molecule has 3 rings (SSSR count). The van der Waals surface area contributed by atoms with Crippen molar-refractivity contribution < 1.29 is 13.2 Å². The van der Waals surface area contributed by atoms with Crippen molar-refractivity contribution in [2.24, 2.45) is 0 Å². The van der Waals surface area contributed by atoms with Crippen LogP contribution in [-0.2, 0) is 27.9 Å². The highest BCUT2D eigenvalue weighted by atomic mass is 32.2. The first-order chi connectivity index (χ1) is 15.0. The zero-order chi connectivity index (χ0) is 22.1. The summed E-state index contributed by atoms with van der Waals surface area (Å²) in [6.07, 6.45) is 0.746. The van der Waals surface area contributed by atoms with Gasteiger partial charge in [-0.3, -0.25) is 4.79 Å². The summed E-state index contributed by atoms with van der Waals surface area (Å²) in [6, 6.07) is 28.1. The smallest absolute Gasteiger partial charge is 0.242 e. The van der Waals surface area contributed by atoms with Gasteiger partial charge in [0.25, 0.3) is 0 Å². The lowest BCUT2D eigenvalue weighted by Crippen LogP contribution is -2.32. The molecule has 1 amide bonds. The van der Waals surface area contributed by atoms with Gasteiger partial charge in [-0.2, -0.15) is 0 Å². The number of rotatable bonds is 10. The average molecular weight is 437 g/mol. The molecular formula is C25H28N2O3S. The molecule has 0 aliphatic heterocycles. The van der Waals surface area contributed by atoms with Gasteiger partial charge in [-0.1, -0.05) is 78.9 Å². The molecule has 0 saturated carbocycles. The van der Waals surface area contributed by atoms with Crippen LogP contribution in [-0.4, -0.2) is 37.1 Å². The molecule has 0 N–H and O–H groups in total. The lowest BCUT2D eigenvalue weighted by atomic mass is 10.1. The van der Waals surface area contributed by atoms with Crippen molar-refractivity contribution in [3.63, 3.8) is 0 Å². The van der Waals surface area contributed by atoms with E-state index in [2.05, 4.69) is 0 Å². The second-order valence-electron chi connectivity index (χ2n) is 7.46. The van der Waals surface area contributed by atoms with Gasteiger partial charge in [0.15, 0.2) is 0 Å². The molecule has 0 spiro atoms. The minimum absolute atomic E-state index is 0.0122. The van der Waals surface area contributed by atoms with E-state index in [1.165, 1.54) is 4.31 Å². The first kappa shape index (κ1) is 22.7. The number of carbonyl (C=O) groups is 1. The van der Waals surface area contributed by atoms with Crippen molar-refractivity contribution in [2.75, 3.05) is 13.6 Å². The zero-order valence-electron chi connectivity index (χ0n) is 17.7. The van der Waals surface area contributed by atoms with E-state index in [4.69, 9.17) is 0 Å². The molecule has 0 radical (unpaired) electrons. The molecule has 0 aliphatic carbocycles. The summed E-state index contributed by atoms with van der Waals surface area (Å²) < 4.78 is 26.6. The monoisotopic (exact) mass is 436 g/mol. The van der Waals surface area contributed by atoms with E-state index in [9.17, 15) is 13.2 Å². The van der Waals surface area contributed by atoms with Crippen LogP contribution in [0.4, 0.5) is 0 Å².